The van der Waals surface area contributed by atoms with Gasteiger partial charge in [0.25, 0.3) is 0 Å². The topological polar surface area (TPSA) is 38.9 Å². The largest absolute Gasteiger partial charge is 0.397 e. The fourth-order valence-corrected chi connectivity index (χ4v) is 1.79. The smallest absolute Gasteiger partial charge is 0.0738 e. The molecule has 1 aromatic heterocycles. The molecule has 2 N–H and O–H groups in total. The van der Waals surface area contributed by atoms with Crippen LogP contribution >= 0.6 is 27.5 Å². The normalized spacial score (nSPS) is 10.6. The number of benzene rings is 1. The molecule has 0 unspecified atom stereocenters. The van der Waals surface area contributed by atoms with E-state index in [0.717, 1.165) is 15.4 Å². The zero-order chi connectivity index (χ0) is 9.42. The lowest BCUT2D eigenvalue weighted by Gasteiger charge is -2.04. The summed E-state index contributed by atoms with van der Waals surface area (Å²) in [6.45, 7) is 0. The Morgan fingerprint density at radius 2 is 2.08 bits per heavy atom. The van der Waals surface area contributed by atoms with Crippen LogP contribution in [0.5, 0.6) is 0 Å². The first kappa shape index (κ1) is 8.78. The second-order valence-corrected chi connectivity index (χ2v) is 3.91. The van der Waals surface area contributed by atoms with Crippen LogP contribution in [0.3, 0.4) is 0 Å². The van der Waals surface area contributed by atoms with Crippen molar-refractivity contribution in [3.63, 3.8) is 0 Å². The Morgan fingerprint density at radius 1 is 1.31 bits per heavy atom. The van der Waals surface area contributed by atoms with Crippen molar-refractivity contribution >= 4 is 44.1 Å². The van der Waals surface area contributed by atoms with Gasteiger partial charge in [-0.1, -0.05) is 11.6 Å². The Kier molecular flexibility index (Phi) is 2.14. The van der Waals surface area contributed by atoms with Crippen molar-refractivity contribution < 1.29 is 0 Å². The number of aromatic nitrogens is 1. The minimum absolute atomic E-state index is 0.629. The first-order chi connectivity index (χ1) is 6.20. The van der Waals surface area contributed by atoms with Gasteiger partial charge in [0.1, 0.15) is 0 Å². The molecule has 0 aliphatic carbocycles. The SMILES string of the molecule is Nc1c(Br)ccc2nccc(Cl)c12. The zero-order valence-electron chi connectivity index (χ0n) is 6.59. The molecule has 13 heavy (non-hydrogen) atoms. The molecule has 0 aliphatic rings. The minimum atomic E-state index is 0.629. The van der Waals surface area contributed by atoms with Crippen LogP contribution < -0.4 is 5.73 Å². The number of nitrogen functional groups attached to an aromatic ring is 1. The summed E-state index contributed by atoms with van der Waals surface area (Å²) in [5, 5.41) is 1.43. The summed E-state index contributed by atoms with van der Waals surface area (Å²) in [7, 11) is 0. The van der Waals surface area contributed by atoms with Crippen molar-refractivity contribution in [2.45, 2.75) is 0 Å². The number of fused-ring (bicyclic) bond motifs is 1. The monoisotopic (exact) mass is 256 g/mol. The van der Waals surface area contributed by atoms with Gasteiger partial charge in [0.2, 0.25) is 0 Å². The molecule has 1 aromatic carbocycles. The van der Waals surface area contributed by atoms with Crippen molar-refractivity contribution in [1.82, 2.24) is 4.98 Å². The Labute approximate surface area is 88.8 Å². The van der Waals surface area contributed by atoms with Crippen LogP contribution in [0.2, 0.25) is 5.02 Å². The predicted octanol–water partition coefficient (Wildman–Crippen LogP) is 3.23. The first-order valence-electron chi connectivity index (χ1n) is 3.68. The molecule has 2 nitrogen and oxygen atoms in total. The highest BCUT2D eigenvalue weighted by Crippen LogP contribution is 2.32. The van der Waals surface area contributed by atoms with Gasteiger partial charge in [-0.25, -0.2) is 0 Å². The highest BCUT2D eigenvalue weighted by atomic mass is 79.9. The maximum absolute atomic E-state index is 5.99. The highest BCUT2D eigenvalue weighted by molar-refractivity contribution is 9.10. The molecule has 0 amide bonds. The van der Waals surface area contributed by atoms with Crippen molar-refractivity contribution in [3.8, 4) is 0 Å². The van der Waals surface area contributed by atoms with E-state index >= 15 is 0 Å². The second-order valence-electron chi connectivity index (χ2n) is 2.65. The van der Waals surface area contributed by atoms with Crippen molar-refractivity contribution in [2.75, 3.05) is 5.73 Å². The summed E-state index contributed by atoms with van der Waals surface area (Å²) in [4.78, 5) is 4.16. The van der Waals surface area contributed by atoms with Crippen LogP contribution in [0.4, 0.5) is 5.69 Å². The number of pyridine rings is 1. The molecule has 2 rings (SSSR count). The number of nitrogens with zero attached hydrogens (tertiary/aromatic N) is 1. The van der Waals surface area contributed by atoms with E-state index in [4.69, 9.17) is 17.3 Å². The maximum Gasteiger partial charge on any atom is 0.0738 e. The van der Waals surface area contributed by atoms with E-state index in [1.807, 2.05) is 12.1 Å². The second kappa shape index (κ2) is 3.16. The molecule has 4 heteroatoms. The Morgan fingerprint density at radius 3 is 2.85 bits per heavy atom. The van der Waals surface area contributed by atoms with E-state index in [1.54, 1.807) is 12.3 Å². The predicted molar refractivity (Wildman–Crippen MR) is 58.9 cm³/mol. The van der Waals surface area contributed by atoms with E-state index in [0.29, 0.717) is 10.7 Å². The lowest BCUT2D eigenvalue weighted by Crippen LogP contribution is -1.90. The number of halogens is 2. The molecule has 0 fully saturated rings. The van der Waals surface area contributed by atoms with E-state index in [9.17, 15) is 0 Å². The summed E-state index contributed by atoms with van der Waals surface area (Å²) < 4.78 is 0.843. The molecule has 1 heterocycles. The van der Waals surface area contributed by atoms with E-state index in [-0.39, 0.29) is 0 Å². The third kappa shape index (κ3) is 1.38. The Bertz CT molecular complexity index is 470. The van der Waals surface area contributed by atoms with Gasteiger partial charge in [-0.15, -0.1) is 0 Å². The van der Waals surface area contributed by atoms with Crippen LogP contribution in [-0.4, -0.2) is 4.98 Å². The van der Waals surface area contributed by atoms with Gasteiger partial charge in [-0.2, -0.15) is 0 Å². The number of rotatable bonds is 0. The molecule has 0 saturated carbocycles. The molecule has 66 valence electrons. The average molecular weight is 258 g/mol. The molecule has 0 aliphatic heterocycles. The Hall–Kier alpha value is -0.800. The van der Waals surface area contributed by atoms with Gasteiger partial charge in [0, 0.05) is 16.1 Å². The standard InChI is InChI=1S/C9H6BrClN2/c10-5-1-2-7-8(9(5)12)6(11)3-4-13-7/h1-4H,12H2. The van der Waals surface area contributed by atoms with Gasteiger partial charge in [-0.05, 0) is 34.1 Å². The highest BCUT2D eigenvalue weighted by Gasteiger charge is 2.05. The molecular weight excluding hydrogens is 251 g/mol. The zero-order valence-corrected chi connectivity index (χ0v) is 8.93. The maximum atomic E-state index is 5.99. The van der Waals surface area contributed by atoms with Crippen molar-refractivity contribution in [3.05, 3.63) is 33.9 Å². The lowest BCUT2D eigenvalue weighted by molar-refractivity contribution is 1.41. The van der Waals surface area contributed by atoms with Crippen LogP contribution in [0.15, 0.2) is 28.9 Å². The van der Waals surface area contributed by atoms with Gasteiger partial charge in [-0.3, -0.25) is 4.98 Å². The first-order valence-corrected chi connectivity index (χ1v) is 4.85. The van der Waals surface area contributed by atoms with Crippen LogP contribution in [-0.2, 0) is 0 Å². The third-order valence-corrected chi connectivity index (χ3v) is 2.85. The molecule has 0 saturated heterocycles. The lowest BCUT2D eigenvalue weighted by atomic mass is 10.2. The van der Waals surface area contributed by atoms with Crippen molar-refractivity contribution in [1.29, 1.82) is 0 Å². The van der Waals surface area contributed by atoms with Gasteiger partial charge in [0.05, 0.1) is 16.2 Å². The van der Waals surface area contributed by atoms with Crippen LogP contribution in [0.25, 0.3) is 10.9 Å². The number of nitrogens with two attached hydrogens (primary N) is 1. The number of anilines is 1. The number of hydrogen-bond acceptors (Lipinski definition) is 2. The molecular formula is C9H6BrClN2. The molecule has 2 aromatic rings. The van der Waals surface area contributed by atoms with E-state index in [1.165, 1.54) is 0 Å². The van der Waals surface area contributed by atoms with E-state index in [2.05, 4.69) is 20.9 Å². The van der Waals surface area contributed by atoms with Gasteiger partial charge >= 0.3 is 0 Å². The summed E-state index contributed by atoms with van der Waals surface area (Å²) >= 11 is 9.33. The Balaban J connectivity index is 2.97. The van der Waals surface area contributed by atoms with Crippen LogP contribution in [0, 0.1) is 0 Å². The number of hydrogen-bond donors (Lipinski definition) is 1. The summed E-state index contributed by atoms with van der Waals surface area (Å²) in [5.41, 5.74) is 7.30. The molecule has 0 bridgehead atoms. The van der Waals surface area contributed by atoms with Gasteiger partial charge in [0.15, 0.2) is 0 Å². The quantitative estimate of drug-likeness (QED) is 0.736. The molecule has 0 atom stereocenters. The fourth-order valence-electron chi connectivity index (χ4n) is 1.21. The molecule has 0 spiro atoms. The average Bonchev–Trinajstić information content (AvgIpc) is 2.12. The molecule has 0 radical (unpaired) electrons. The van der Waals surface area contributed by atoms with Gasteiger partial charge < -0.3 is 5.73 Å². The summed E-state index contributed by atoms with van der Waals surface area (Å²) in [5.74, 6) is 0. The van der Waals surface area contributed by atoms with E-state index < -0.39 is 0 Å². The summed E-state index contributed by atoms with van der Waals surface area (Å²) in [6, 6.07) is 5.47. The fraction of sp³-hybridized carbons (Fsp3) is 0. The third-order valence-electron chi connectivity index (χ3n) is 1.84. The minimum Gasteiger partial charge on any atom is -0.397 e. The van der Waals surface area contributed by atoms with Crippen molar-refractivity contribution in [2.24, 2.45) is 0 Å². The summed E-state index contributed by atoms with van der Waals surface area (Å²) in [6.07, 6.45) is 1.66. The van der Waals surface area contributed by atoms with Crippen LogP contribution in [0.1, 0.15) is 0 Å².